The molecule has 0 saturated heterocycles. The van der Waals surface area contributed by atoms with Crippen molar-refractivity contribution >= 4 is 0 Å². The first-order valence-electron chi connectivity index (χ1n) is 7.05. The highest BCUT2D eigenvalue weighted by molar-refractivity contribution is 5.05. The normalized spacial score (nSPS) is 23.2. The maximum Gasteiger partial charge on any atom is 0.117 e. The topological polar surface area (TPSA) is 25.2 Å². The van der Waals surface area contributed by atoms with E-state index in [0.717, 1.165) is 18.1 Å². The molecule has 0 aromatic carbocycles. The van der Waals surface area contributed by atoms with E-state index in [1.807, 2.05) is 13.0 Å². The van der Waals surface area contributed by atoms with Crippen molar-refractivity contribution in [1.82, 2.24) is 5.32 Å². The van der Waals surface area contributed by atoms with Gasteiger partial charge in [0.2, 0.25) is 0 Å². The fourth-order valence-electron chi connectivity index (χ4n) is 3.82. The summed E-state index contributed by atoms with van der Waals surface area (Å²) in [5.41, 5.74) is 0.886. The summed E-state index contributed by atoms with van der Waals surface area (Å²) in [6, 6.07) is 4.71. The van der Waals surface area contributed by atoms with Gasteiger partial charge in [-0.25, -0.2) is 0 Å². The zero-order valence-corrected chi connectivity index (χ0v) is 12.5. The Balaban J connectivity index is 1.93. The SMILES string of the molecule is Cc1ccc(CNC2CC(C)(C)CC(C)(C)C2)o1. The van der Waals surface area contributed by atoms with Gasteiger partial charge in [-0.05, 0) is 49.1 Å². The standard InChI is InChI=1S/C16H27NO/c1-12-6-7-14(18-12)10-17-13-8-15(2,3)11-16(4,5)9-13/h6-7,13,17H,8-11H2,1-5H3. The average molecular weight is 249 g/mol. The molecule has 0 atom stereocenters. The van der Waals surface area contributed by atoms with Crippen molar-refractivity contribution in [3.05, 3.63) is 23.7 Å². The lowest BCUT2D eigenvalue weighted by Gasteiger charge is -2.45. The van der Waals surface area contributed by atoms with E-state index in [-0.39, 0.29) is 0 Å². The van der Waals surface area contributed by atoms with Crippen LogP contribution in [-0.2, 0) is 6.54 Å². The first kappa shape index (κ1) is 13.7. The van der Waals surface area contributed by atoms with E-state index in [2.05, 4.69) is 39.1 Å². The van der Waals surface area contributed by atoms with E-state index in [4.69, 9.17) is 4.42 Å². The van der Waals surface area contributed by atoms with Gasteiger partial charge in [-0.2, -0.15) is 0 Å². The molecule has 1 heterocycles. The summed E-state index contributed by atoms with van der Waals surface area (Å²) in [5, 5.41) is 3.67. The molecule has 2 nitrogen and oxygen atoms in total. The van der Waals surface area contributed by atoms with Crippen LogP contribution >= 0.6 is 0 Å². The molecule has 0 bridgehead atoms. The third-order valence-electron chi connectivity index (χ3n) is 3.92. The van der Waals surface area contributed by atoms with Gasteiger partial charge in [0.25, 0.3) is 0 Å². The second-order valence-electron chi connectivity index (χ2n) is 7.50. The molecule has 1 fully saturated rings. The van der Waals surface area contributed by atoms with E-state index < -0.39 is 0 Å². The quantitative estimate of drug-likeness (QED) is 0.865. The minimum Gasteiger partial charge on any atom is -0.465 e. The van der Waals surface area contributed by atoms with Crippen LogP contribution in [0.3, 0.4) is 0 Å². The van der Waals surface area contributed by atoms with Gasteiger partial charge in [0.15, 0.2) is 0 Å². The van der Waals surface area contributed by atoms with Gasteiger partial charge in [0.1, 0.15) is 11.5 Å². The van der Waals surface area contributed by atoms with Gasteiger partial charge in [-0.3, -0.25) is 0 Å². The molecule has 0 radical (unpaired) electrons. The average Bonchev–Trinajstić information content (AvgIpc) is 2.56. The Morgan fingerprint density at radius 3 is 2.28 bits per heavy atom. The van der Waals surface area contributed by atoms with Crippen LogP contribution in [0.5, 0.6) is 0 Å². The van der Waals surface area contributed by atoms with Crippen LogP contribution in [-0.4, -0.2) is 6.04 Å². The first-order chi connectivity index (χ1) is 8.26. The number of hydrogen-bond donors (Lipinski definition) is 1. The van der Waals surface area contributed by atoms with E-state index in [1.54, 1.807) is 0 Å². The maximum absolute atomic E-state index is 5.62. The first-order valence-corrected chi connectivity index (χ1v) is 7.05. The Kier molecular flexibility index (Phi) is 3.59. The molecule has 2 heteroatoms. The number of rotatable bonds is 3. The Hall–Kier alpha value is -0.760. The summed E-state index contributed by atoms with van der Waals surface area (Å²) >= 11 is 0. The lowest BCUT2D eigenvalue weighted by molar-refractivity contribution is 0.0836. The van der Waals surface area contributed by atoms with Crippen molar-refractivity contribution in [2.75, 3.05) is 0 Å². The van der Waals surface area contributed by atoms with E-state index in [1.165, 1.54) is 19.3 Å². The Bertz CT molecular complexity index is 387. The lowest BCUT2D eigenvalue weighted by Crippen LogP contribution is -2.43. The van der Waals surface area contributed by atoms with Crippen molar-refractivity contribution < 1.29 is 4.42 Å². The van der Waals surface area contributed by atoms with E-state index in [9.17, 15) is 0 Å². The minimum atomic E-state index is 0.443. The Labute approximate surface area is 111 Å². The summed E-state index contributed by atoms with van der Waals surface area (Å²) in [6.07, 6.45) is 3.84. The fraction of sp³-hybridized carbons (Fsp3) is 0.750. The maximum atomic E-state index is 5.62. The molecular formula is C16H27NO. The second-order valence-corrected chi connectivity index (χ2v) is 7.50. The summed E-state index contributed by atoms with van der Waals surface area (Å²) < 4.78 is 5.62. The Morgan fingerprint density at radius 2 is 1.78 bits per heavy atom. The van der Waals surface area contributed by atoms with Crippen LogP contribution in [0.4, 0.5) is 0 Å². The van der Waals surface area contributed by atoms with Gasteiger partial charge < -0.3 is 9.73 Å². The van der Waals surface area contributed by atoms with Crippen molar-refractivity contribution in [1.29, 1.82) is 0 Å². The molecule has 0 unspecified atom stereocenters. The molecule has 2 rings (SSSR count). The lowest BCUT2D eigenvalue weighted by atomic mass is 9.63. The molecule has 1 aromatic rings. The van der Waals surface area contributed by atoms with E-state index in [0.29, 0.717) is 16.9 Å². The third-order valence-corrected chi connectivity index (χ3v) is 3.92. The number of furan rings is 1. The molecule has 0 amide bonds. The highest BCUT2D eigenvalue weighted by atomic mass is 16.3. The monoisotopic (exact) mass is 249 g/mol. The highest BCUT2D eigenvalue weighted by Crippen LogP contribution is 2.45. The van der Waals surface area contributed by atoms with E-state index >= 15 is 0 Å². The molecule has 18 heavy (non-hydrogen) atoms. The van der Waals surface area contributed by atoms with Crippen LogP contribution in [0.15, 0.2) is 16.5 Å². The Morgan fingerprint density at radius 1 is 1.17 bits per heavy atom. The van der Waals surface area contributed by atoms with Gasteiger partial charge in [0, 0.05) is 6.04 Å². The van der Waals surface area contributed by atoms with Crippen LogP contribution in [0.2, 0.25) is 0 Å². The van der Waals surface area contributed by atoms with Gasteiger partial charge in [0.05, 0.1) is 6.54 Å². The fourth-order valence-corrected chi connectivity index (χ4v) is 3.82. The largest absolute Gasteiger partial charge is 0.465 e. The number of hydrogen-bond acceptors (Lipinski definition) is 2. The van der Waals surface area contributed by atoms with Crippen molar-refractivity contribution in [3.63, 3.8) is 0 Å². The van der Waals surface area contributed by atoms with Crippen molar-refractivity contribution in [2.24, 2.45) is 10.8 Å². The highest BCUT2D eigenvalue weighted by Gasteiger charge is 2.38. The van der Waals surface area contributed by atoms with Crippen molar-refractivity contribution in [2.45, 2.75) is 66.5 Å². The summed E-state index contributed by atoms with van der Waals surface area (Å²) in [5.74, 6) is 2.05. The predicted molar refractivity (Wildman–Crippen MR) is 75.5 cm³/mol. The second kappa shape index (κ2) is 4.73. The van der Waals surface area contributed by atoms with Crippen LogP contribution in [0.1, 0.15) is 58.5 Å². The van der Waals surface area contributed by atoms with Crippen molar-refractivity contribution in [3.8, 4) is 0 Å². The summed E-state index contributed by atoms with van der Waals surface area (Å²) in [4.78, 5) is 0. The van der Waals surface area contributed by atoms with Crippen LogP contribution in [0.25, 0.3) is 0 Å². The molecule has 0 aliphatic heterocycles. The zero-order valence-electron chi connectivity index (χ0n) is 12.5. The molecule has 1 aromatic heterocycles. The molecular weight excluding hydrogens is 222 g/mol. The summed E-state index contributed by atoms with van der Waals surface area (Å²) in [6.45, 7) is 12.4. The van der Waals surface area contributed by atoms with Crippen LogP contribution in [0, 0.1) is 17.8 Å². The smallest absolute Gasteiger partial charge is 0.117 e. The van der Waals surface area contributed by atoms with Gasteiger partial charge >= 0.3 is 0 Å². The molecule has 1 aliphatic carbocycles. The molecule has 1 saturated carbocycles. The zero-order chi connectivity index (χ0) is 13.4. The third kappa shape index (κ3) is 3.61. The predicted octanol–water partition coefficient (Wildman–Crippen LogP) is 4.28. The van der Waals surface area contributed by atoms with Gasteiger partial charge in [-0.15, -0.1) is 0 Å². The minimum absolute atomic E-state index is 0.443. The molecule has 1 N–H and O–H groups in total. The van der Waals surface area contributed by atoms with Gasteiger partial charge in [-0.1, -0.05) is 27.7 Å². The molecule has 102 valence electrons. The van der Waals surface area contributed by atoms with Crippen LogP contribution < -0.4 is 5.32 Å². The number of nitrogens with one attached hydrogen (secondary N) is 1. The number of aryl methyl sites for hydroxylation is 1. The summed E-state index contributed by atoms with van der Waals surface area (Å²) in [7, 11) is 0. The molecule has 0 spiro atoms. The molecule has 1 aliphatic rings.